The molecule has 0 unspecified atom stereocenters. The van der Waals surface area contributed by atoms with Crippen LogP contribution in [0.1, 0.15) is 36.8 Å². The summed E-state index contributed by atoms with van der Waals surface area (Å²) in [4.78, 5) is 4.34. The third-order valence-corrected chi connectivity index (χ3v) is 5.47. The Labute approximate surface area is 207 Å². The minimum absolute atomic E-state index is 0. The smallest absolute Gasteiger partial charge is 0.191 e. The molecule has 1 aliphatic rings. The number of rotatable bonds is 9. The summed E-state index contributed by atoms with van der Waals surface area (Å²) in [5, 5.41) is 6.70. The van der Waals surface area contributed by atoms with Crippen LogP contribution >= 0.6 is 24.0 Å². The molecule has 0 heterocycles. The minimum Gasteiger partial charge on any atom is -0.493 e. The van der Waals surface area contributed by atoms with Crippen molar-refractivity contribution in [2.75, 3.05) is 28.4 Å². The second-order valence-electron chi connectivity index (χ2n) is 7.40. The zero-order chi connectivity index (χ0) is 22.1. The van der Waals surface area contributed by atoms with Crippen LogP contribution < -0.4 is 29.6 Å². The van der Waals surface area contributed by atoms with Gasteiger partial charge in [0, 0.05) is 31.3 Å². The molecule has 3 rings (SSSR count). The zero-order valence-electron chi connectivity index (χ0n) is 19.3. The van der Waals surface area contributed by atoms with E-state index in [4.69, 9.17) is 18.9 Å². The van der Waals surface area contributed by atoms with Crippen molar-refractivity contribution in [2.45, 2.75) is 44.9 Å². The second kappa shape index (κ2) is 13.2. The predicted molar refractivity (Wildman–Crippen MR) is 138 cm³/mol. The first-order valence-electron chi connectivity index (χ1n) is 10.7. The van der Waals surface area contributed by atoms with Crippen molar-refractivity contribution >= 4 is 29.9 Å². The highest BCUT2D eigenvalue weighted by molar-refractivity contribution is 14.0. The number of guanidine groups is 1. The van der Waals surface area contributed by atoms with E-state index in [0.717, 1.165) is 35.5 Å². The molecule has 1 fully saturated rings. The Bertz CT molecular complexity index is 886. The van der Waals surface area contributed by atoms with Gasteiger partial charge in [0.05, 0.1) is 27.4 Å². The Hall–Kier alpha value is -2.36. The molecule has 176 valence electrons. The van der Waals surface area contributed by atoms with Crippen LogP contribution in [0.2, 0.25) is 0 Å². The van der Waals surface area contributed by atoms with Gasteiger partial charge in [-0.05, 0) is 37.8 Å². The highest BCUT2D eigenvalue weighted by Gasteiger charge is 2.20. The molecule has 0 aliphatic heterocycles. The van der Waals surface area contributed by atoms with Gasteiger partial charge in [-0.1, -0.05) is 24.3 Å². The lowest BCUT2D eigenvalue weighted by atomic mass is 10.1. The Morgan fingerprint density at radius 2 is 1.38 bits per heavy atom. The normalized spacial score (nSPS) is 13.8. The quantitative estimate of drug-likeness (QED) is 0.270. The zero-order valence-corrected chi connectivity index (χ0v) is 21.6. The maximum absolute atomic E-state index is 6.32. The number of para-hydroxylation sites is 2. The van der Waals surface area contributed by atoms with Crippen molar-refractivity contribution in [3.05, 3.63) is 47.5 Å². The van der Waals surface area contributed by atoms with Crippen molar-refractivity contribution < 1.29 is 18.9 Å². The standard InChI is InChI=1S/C24H33N3O4.HI/c1-25-24(26-15-17-9-7-13-20(28-2)22(17)30-4)27-16-18-10-8-14-21(29-3)23(18)31-19-11-5-6-12-19;/h7-10,13-14,19H,5-6,11-12,15-16H2,1-4H3,(H2,25,26,27);1H. The van der Waals surface area contributed by atoms with E-state index in [0.29, 0.717) is 30.5 Å². The third-order valence-electron chi connectivity index (χ3n) is 5.47. The van der Waals surface area contributed by atoms with Gasteiger partial charge in [0.1, 0.15) is 0 Å². The molecule has 32 heavy (non-hydrogen) atoms. The van der Waals surface area contributed by atoms with E-state index >= 15 is 0 Å². The molecular formula is C24H34IN3O4. The topological polar surface area (TPSA) is 73.3 Å². The third kappa shape index (κ3) is 6.57. The summed E-state index contributed by atoms with van der Waals surface area (Å²) >= 11 is 0. The van der Waals surface area contributed by atoms with Crippen molar-refractivity contribution in [1.82, 2.24) is 10.6 Å². The number of hydrogen-bond acceptors (Lipinski definition) is 5. The Balaban J connectivity index is 0.00000363. The number of ether oxygens (including phenoxy) is 4. The molecule has 0 spiro atoms. The van der Waals surface area contributed by atoms with E-state index in [-0.39, 0.29) is 30.1 Å². The summed E-state index contributed by atoms with van der Waals surface area (Å²) in [6.07, 6.45) is 4.88. The van der Waals surface area contributed by atoms with E-state index in [1.54, 1.807) is 28.4 Å². The van der Waals surface area contributed by atoms with Gasteiger partial charge in [-0.15, -0.1) is 24.0 Å². The second-order valence-corrected chi connectivity index (χ2v) is 7.40. The molecule has 1 aliphatic carbocycles. The number of benzene rings is 2. The monoisotopic (exact) mass is 555 g/mol. The maximum Gasteiger partial charge on any atom is 0.191 e. The van der Waals surface area contributed by atoms with Crippen molar-refractivity contribution in [2.24, 2.45) is 4.99 Å². The molecular weight excluding hydrogens is 521 g/mol. The molecule has 2 N–H and O–H groups in total. The summed E-state index contributed by atoms with van der Waals surface area (Å²) in [7, 11) is 6.70. The summed E-state index contributed by atoms with van der Waals surface area (Å²) in [6.45, 7) is 1.11. The molecule has 0 radical (unpaired) electrons. The van der Waals surface area contributed by atoms with E-state index < -0.39 is 0 Å². The number of aliphatic imine (C=N–C) groups is 1. The number of hydrogen-bond donors (Lipinski definition) is 2. The molecule has 0 bridgehead atoms. The molecule has 2 aromatic carbocycles. The largest absolute Gasteiger partial charge is 0.493 e. The molecule has 1 saturated carbocycles. The maximum atomic E-state index is 6.32. The average molecular weight is 555 g/mol. The molecule has 7 nitrogen and oxygen atoms in total. The molecule has 2 aromatic rings. The number of methoxy groups -OCH3 is 3. The fraction of sp³-hybridized carbons (Fsp3) is 0.458. The lowest BCUT2D eigenvalue weighted by molar-refractivity contribution is 0.198. The van der Waals surface area contributed by atoms with Crippen LogP contribution in [0.5, 0.6) is 23.0 Å². The molecule has 0 amide bonds. The van der Waals surface area contributed by atoms with Crippen LogP contribution in [0.15, 0.2) is 41.4 Å². The predicted octanol–water partition coefficient (Wildman–Crippen LogP) is 4.52. The number of nitrogens with zero attached hydrogens (tertiary/aromatic N) is 1. The van der Waals surface area contributed by atoms with Crippen molar-refractivity contribution in [3.63, 3.8) is 0 Å². The van der Waals surface area contributed by atoms with Crippen LogP contribution in [-0.4, -0.2) is 40.4 Å². The van der Waals surface area contributed by atoms with Gasteiger partial charge in [-0.3, -0.25) is 4.99 Å². The molecule has 8 heteroatoms. The average Bonchev–Trinajstić information content (AvgIpc) is 3.32. The summed E-state index contributed by atoms with van der Waals surface area (Å²) in [6, 6.07) is 11.8. The molecule has 0 saturated heterocycles. The lowest BCUT2D eigenvalue weighted by Gasteiger charge is -2.20. The lowest BCUT2D eigenvalue weighted by Crippen LogP contribution is -2.36. The Kier molecular flexibility index (Phi) is 10.7. The summed E-state index contributed by atoms with van der Waals surface area (Å²) in [5.74, 6) is 3.67. The molecule has 0 aromatic heterocycles. The Morgan fingerprint density at radius 3 is 1.88 bits per heavy atom. The van der Waals surface area contributed by atoms with Gasteiger partial charge in [0.15, 0.2) is 29.0 Å². The van der Waals surface area contributed by atoms with E-state index in [1.807, 2.05) is 30.3 Å². The molecule has 0 atom stereocenters. The van der Waals surface area contributed by atoms with Crippen molar-refractivity contribution in [1.29, 1.82) is 0 Å². The van der Waals surface area contributed by atoms with E-state index in [2.05, 4.69) is 21.7 Å². The van der Waals surface area contributed by atoms with Crippen LogP contribution in [0.4, 0.5) is 0 Å². The highest BCUT2D eigenvalue weighted by Crippen LogP contribution is 2.35. The van der Waals surface area contributed by atoms with Gasteiger partial charge in [0.25, 0.3) is 0 Å². The Morgan fingerprint density at radius 1 is 0.844 bits per heavy atom. The number of halogens is 1. The van der Waals surface area contributed by atoms with Gasteiger partial charge < -0.3 is 29.6 Å². The minimum atomic E-state index is 0. The van der Waals surface area contributed by atoms with E-state index in [1.165, 1.54) is 12.8 Å². The summed E-state index contributed by atoms with van der Waals surface area (Å²) in [5.41, 5.74) is 2.02. The van der Waals surface area contributed by atoms with Crippen LogP contribution in [0.3, 0.4) is 0 Å². The van der Waals surface area contributed by atoms with Crippen LogP contribution in [0.25, 0.3) is 0 Å². The van der Waals surface area contributed by atoms with Gasteiger partial charge in [-0.2, -0.15) is 0 Å². The SMILES string of the molecule is CN=C(NCc1cccc(OC)c1OC)NCc1cccc(OC)c1OC1CCCC1.I. The van der Waals surface area contributed by atoms with Gasteiger partial charge >= 0.3 is 0 Å². The fourth-order valence-electron chi connectivity index (χ4n) is 3.84. The van der Waals surface area contributed by atoms with Crippen LogP contribution in [-0.2, 0) is 13.1 Å². The highest BCUT2D eigenvalue weighted by atomic mass is 127. The van der Waals surface area contributed by atoms with Gasteiger partial charge in [0.2, 0.25) is 0 Å². The van der Waals surface area contributed by atoms with E-state index in [9.17, 15) is 0 Å². The fourth-order valence-corrected chi connectivity index (χ4v) is 3.84. The number of nitrogens with one attached hydrogen (secondary N) is 2. The first kappa shape index (κ1) is 25.9. The van der Waals surface area contributed by atoms with Crippen LogP contribution in [0, 0.1) is 0 Å². The summed E-state index contributed by atoms with van der Waals surface area (Å²) < 4.78 is 22.8. The van der Waals surface area contributed by atoms with Crippen molar-refractivity contribution in [3.8, 4) is 23.0 Å². The first-order chi connectivity index (χ1) is 15.2. The first-order valence-corrected chi connectivity index (χ1v) is 10.7. The van der Waals surface area contributed by atoms with Gasteiger partial charge in [-0.25, -0.2) is 0 Å².